The third-order valence-corrected chi connectivity index (χ3v) is 9.49. The molecule has 1 aromatic heterocycles. The highest BCUT2D eigenvalue weighted by atomic mass is 79.9. The van der Waals surface area contributed by atoms with E-state index in [0.29, 0.717) is 64.7 Å². The van der Waals surface area contributed by atoms with E-state index < -0.39 is 29.7 Å². The summed E-state index contributed by atoms with van der Waals surface area (Å²) in [6.07, 6.45) is 2.81. The van der Waals surface area contributed by atoms with Crippen LogP contribution in [0, 0.1) is 17.2 Å². The van der Waals surface area contributed by atoms with Gasteiger partial charge < -0.3 is 19.9 Å². The average molecular weight is 591 g/mol. The van der Waals surface area contributed by atoms with Gasteiger partial charge in [0, 0.05) is 45.8 Å². The van der Waals surface area contributed by atoms with Crippen molar-refractivity contribution in [1.82, 2.24) is 15.2 Å². The maximum absolute atomic E-state index is 13.9. The van der Waals surface area contributed by atoms with Crippen LogP contribution in [0.5, 0.6) is 0 Å². The lowest BCUT2D eigenvalue weighted by molar-refractivity contribution is -0.141. The van der Waals surface area contributed by atoms with E-state index in [1.54, 1.807) is 12.3 Å². The first-order valence-corrected chi connectivity index (χ1v) is 13.6. The molecule has 12 heteroatoms. The molecule has 3 fully saturated rings. The van der Waals surface area contributed by atoms with E-state index in [4.69, 9.17) is 14.5 Å². The Labute approximate surface area is 224 Å². The summed E-state index contributed by atoms with van der Waals surface area (Å²) >= 11 is 4.85. The van der Waals surface area contributed by atoms with Crippen molar-refractivity contribution in [1.29, 1.82) is 0 Å². The fourth-order valence-corrected chi connectivity index (χ4v) is 7.56. The van der Waals surface area contributed by atoms with Crippen molar-refractivity contribution in [2.45, 2.75) is 31.0 Å². The van der Waals surface area contributed by atoms with Gasteiger partial charge in [0.25, 0.3) is 0 Å². The summed E-state index contributed by atoms with van der Waals surface area (Å²) in [6.45, 7) is 1.43. The Morgan fingerprint density at radius 1 is 1.41 bits per heavy atom. The van der Waals surface area contributed by atoms with Crippen molar-refractivity contribution < 1.29 is 28.6 Å². The number of amidine groups is 1. The number of nitrogens with zero attached hydrogens (tertiary/aromatic N) is 3. The van der Waals surface area contributed by atoms with Gasteiger partial charge in [-0.25, -0.2) is 14.2 Å². The number of carboxylic acid groups (broad SMARTS) is 1. The molecule has 4 unspecified atom stereocenters. The second-order valence-electron chi connectivity index (χ2n) is 9.82. The molecule has 6 rings (SSSR count). The minimum atomic E-state index is -0.779. The number of ether oxygens (including phenoxy) is 2. The van der Waals surface area contributed by atoms with Crippen molar-refractivity contribution >= 4 is 45.0 Å². The molecule has 1 saturated carbocycles. The van der Waals surface area contributed by atoms with E-state index in [-0.39, 0.29) is 17.5 Å². The molecule has 4 heterocycles. The number of thiazole rings is 1. The standard InChI is InChI=1S/C25H24BrFN4O5S/c1-35-24(34)19-16(9-31-17-6-12(23(32)33)8-25(17)11-36-10-18(25)31)29-21(22-28-4-5-37-22)30-20(19)14-3-2-13(27)7-15(14)26/h2-5,7,12,17-18,20H,6,8-11H2,1H3,(H,29,30)(H,32,33)/t12?,17?,18?,20-,25?/m0/s1. The Morgan fingerprint density at radius 3 is 2.95 bits per heavy atom. The number of carbonyl (C=O) groups excluding carboxylic acids is 1. The number of rotatable bonds is 6. The first-order chi connectivity index (χ1) is 17.8. The number of carbonyl (C=O) groups is 2. The van der Waals surface area contributed by atoms with Crippen molar-refractivity contribution in [2.24, 2.45) is 16.3 Å². The third-order valence-electron chi connectivity index (χ3n) is 8.02. The summed E-state index contributed by atoms with van der Waals surface area (Å²) in [5.74, 6) is -1.65. The number of methoxy groups -OCH3 is 1. The van der Waals surface area contributed by atoms with Crippen LogP contribution in [0.1, 0.15) is 29.5 Å². The van der Waals surface area contributed by atoms with E-state index in [1.165, 1.54) is 30.6 Å². The number of aliphatic imine (C=N–C) groups is 1. The van der Waals surface area contributed by atoms with Crippen LogP contribution >= 0.6 is 27.3 Å². The number of benzene rings is 1. The molecule has 9 nitrogen and oxygen atoms in total. The molecular formula is C25H24BrFN4O5S. The van der Waals surface area contributed by atoms with Gasteiger partial charge in [0.2, 0.25) is 0 Å². The first-order valence-electron chi connectivity index (χ1n) is 11.9. The molecule has 194 valence electrons. The van der Waals surface area contributed by atoms with Crippen molar-refractivity contribution in [3.05, 3.63) is 61.9 Å². The SMILES string of the molecule is COC(=O)C1=C(CN2C3COCC34CC(C(=O)O)CC24)NC(c2nccs2)=N[C@H]1c1ccc(F)cc1Br. The normalized spacial score (nSPS) is 30.7. The second kappa shape index (κ2) is 9.26. The highest BCUT2D eigenvalue weighted by Crippen LogP contribution is 2.59. The fraction of sp³-hybridized carbons (Fsp3) is 0.440. The number of halogens is 2. The largest absolute Gasteiger partial charge is 0.481 e. The van der Waals surface area contributed by atoms with Crippen LogP contribution < -0.4 is 5.32 Å². The maximum atomic E-state index is 13.9. The lowest BCUT2D eigenvalue weighted by Crippen LogP contribution is -2.69. The monoisotopic (exact) mass is 590 g/mol. The van der Waals surface area contributed by atoms with Gasteiger partial charge in [0.05, 0.1) is 31.8 Å². The van der Waals surface area contributed by atoms with Gasteiger partial charge in [-0.2, -0.15) is 0 Å². The Balaban J connectivity index is 1.42. The molecule has 2 saturated heterocycles. The predicted molar refractivity (Wildman–Crippen MR) is 136 cm³/mol. The molecule has 1 spiro atoms. The summed E-state index contributed by atoms with van der Waals surface area (Å²) in [5, 5.41) is 15.5. The molecule has 1 aliphatic carbocycles. The molecule has 0 amide bonds. The summed E-state index contributed by atoms with van der Waals surface area (Å²) in [4.78, 5) is 36.5. The minimum Gasteiger partial charge on any atom is -0.481 e. The zero-order valence-electron chi connectivity index (χ0n) is 19.8. The maximum Gasteiger partial charge on any atom is 0.338 e. The van der Waals surface area contributed by atoms with Gasteiger partial charge in [-0.15, -0.1) is 11.3 Å². The number of esters is 1. The van der Waals surface area contributed by atoms with Gasteiger partial charge in [-0.05, 0) is 30.5 Å². The zero-order valence-corrected chi connectivity index (χ0v) is 22.2. The molecule has 0 bridgehead atoms. The molecule has 1 aromatic carbocycles. The number of carboxylic acids is 1. The summed E-state index contributed by atoms with van der Waals surface area (Å²) < 4.78 is 25.4. The molecule has 2 N–H and O–H groups in total. The number of aliphatic carboxylic acids is 1. The molecule has 0 radical (unpaired) electrons. The molecule has 2 aromatic rings. The van der Waals surface area contributed by atoms with E-state index >= 15 is 0 Å². The van der Waals surface area contributed by atoms with E-state index in [2.05, 4.69) is 31.1 Å². The highest BCUT2D eigenvalue weighted by molar-refractivity contribution is 9.10. The Hall–Kier alpha value is -2.67. The Bertz CT molecular complexity index is 1330. The fourth-order valence-electron chi connectivity index (χ4n) is 6.40. The van der Waals surface area contributed by atoms with Crippen LogP contribution in [0.2, 0.25) is 0 Å². The second-order valence-corrected chi connectivity index (χ2v) is 11.6. The number of aromatic nitrogens is 1. The Kier molecular flexibility index (Phi) is 6.17. The van der Waals surface area contributed by atoms with E-state index in [0.717, 1.165) is 0 Å². The minimum absolute atomic E-state index is 0.0347. The number of likely N-dealkylation sites (tertiary alicyclic amines) is 1. The van der Waals surface area contributed by atoms with Crippen LogP contribution in [0.4, 0.5) is 4.39 Å². The van der Waals surface area contributed by atoms with Crippen molar-refractivity contribution in [3.63, 3.8) is 0 Å². The quantitative estimate of drug-likeness (QED) is 0.493. The van der Waals surface area contributed by atoms with Crippen LogP contribution in [-0.4, -0.2) is 71.7 Å². The predicted octanol–water partition coefficient (Wildman–Crippen LogP) is 3.13. The van der Waals surface area contributed by atoms with E-state index in [1.807, 2.05) is 5.38 Å². The third kappa shape index (κ3) is 3.92. The summed E-state index contributed by atoms with van der Waals surface area (Å²) in [5.41, 5.74) is 1.37. The molecule has 37 heavy (non-hydrogen) atoms. The smallest absolute Gasteiger partial charge is 0.338 e. The van der Waals surface area contributed by atoms with Gasteiger partial charge in [0.1, 0.15) is 11.9 Å². The topological polar surface area (TPSA) is 113 Å². The van der Waals surface area contributed by atoms with Crippen molar-refractivity contribution in [2.75, 3.05) is 26.9 Å². The molecule has 5 atom stereocenters. The first kappa shape index (κ1) is 24.7. The molecular weight excluding hydrogens is 567 g/mol. The zero-order chi connectivity index (χ0) is 25.9. The van der Waals surface area contributed by atoms with Gasteiger partial charge >= 0.3 is 11.9 Å². The van der Waals surface area contributed by atoms with E-state index in [9.17, 15) is 19.1 Å². The summed E-state index contributed by atoms with van der Waals surface area (Å²) in [6, 6.07) is 3.61. The van der Waals surface area contributed by atoms with Crippen LogP contribution in [-0.2, 0) is 19.1 Å². The summed E-state index contributed by atoms with van der Waals surface area (Å²) in [7, 11) is 1.32. The molecule has 4 aliphatic rings. The van der Waals surface area contributed by atoms with Gasteiger partial charge in [0.15, 0.2) is 10.8 Å². The van der Waals surface area contributed by atoms with Gasteiger partial charge in [-0.3, -0.25) is 14.7 Å². The highest BCUT2D eigenvalue weighted by Gasteiger charge is 2.68. The van der Waals surface area contributed by atoms with Crippen molar-refractivity contribution in [3.8, 4) is 0 Å². The molecule has 3 aliphatic heterocycles. The van der Waals surface area contributed by atoms with Gasteiger partial charge in [-0.1, -0.05) is 22.0 Å². The number of nitrogens with one attached hydrogen (secondary N) is 1. The number of hydrogen-bond donors (Lipinski definition) is 2. The lowest BCUT2D eigenvalue weighted by atomic mass is 9.68. The Morgan fingerprint density at radius 2 is 2.24 bits per heavy atom. The van der Waals surface area contributed by atoms with Crippen LogP contribution in [0.3, 0.4) is 0 Å². The number of hydrogen-bond acceptors (Lipinski definition) is 9. The lowest BCUT2D eigenvalue weighted by Gasteiger charge is -2.57. The van der Waals surface area contributed by atoms with Crippen LogP contribution in [0.25, 0.3) is 0 Å². The average Bonchev–Trinajstić information content (AvgIpc) is 3.61. The van der Waals surface area contributed by atoms with Crippen LogP contribution in [0.15, 0.2) is 50.5 Å².